The Morgan fingerprint density at radius 1 is 1.50 bits per heavy atom. The van der Waals surface area contributed by atoms with Gasteiger partial charge in [-0.2, -0.15) is 0 Å². The summed E-state index contributed by atoms with van der Waals surface area (Å²) in [5.41, 5.74) is 2.59. The average Bonchev–Trinajstić information content (AvgIpc) is 2.91. The van der Waals surface area contributed by atoms with E-state index in [0.29, 0.717) is 19.5 Å². The Morgan fingerprint density at radius 3 is 3.00 bits per heavy atom. The predicted octanol–water partition coefficient (Wildman–Crippen LogP) is 2.45. The molecule has 2 aromatic heterocycles. The molecule has 0 saturated carbocycles. The van der Waals surface area contributed by atoms with Gasteiger partial charge in [-0.25, -0.2) is 14.2 Å². The number of hydrogen-bond donors (Lipinski definition) is 1. The molecule has 2 aromatic rings. The largest absolute Gasteiger partial charge is 0.465 e. The molecule has 6 nitrogen and oxygen atoms in total. The molecule has 1 N–H and O–H groups in total. The van der Waals surface area contributed by atoms with Crippen LogP contribution in [-0.2, 0) is 13.0 Å². The van der Waals surface area contributed by atoms with E-state index in [1.807, 2.05) is 11.5 Å². The molecule has 1 aliphatic heterocycles. The smallest absolute Gasteiger partial charge is 0.407 e. The molecule has 0 spiro atoms. The fraction of sp³-hybridized carbons (Fsp3) is 0.400. The Bertz CT molecular complexity index is 701. The van der Waals surface area contributed by atoms with E-state index in [1.165, 1.54) is 17.2 Å². The van der Waals surface area contributed by atoms with Gasteiger partial charge in [0.1, 0.15) is 5.82 Å². The maximum atomic E-state index is 13.4. The lowest BCUT2D eigenvalue weighted by molar-refractivity contribution is 0.138. The van der Waals surface area contributed by atoms with Gasteiger partial charge in [0.05, 0.1) is 30.8 Å². The molecule has 1 amide bonds. The molecule has 0 bridgehead atoms. The molecule has 0 radical (unpaired) electrons. The van der Waals surface area contributed by atoms with Crippen molar-refractivity contribution in [3.8, 4) is 0 Å². The minimum Gasteiger partial charge on any atom is -0.465 e. The second kappa shape index (κ2) is 5.75. The van der Waals surface area contributed by atoms with Crippen LogP contribution in [0.15, 0.2) is 24.8 Å². The summed E-state index contributed by atoms with van der Waals surface area (Å²) in [6.45, 7) is 2.77. The van der Waals surface area contributed by atoms with E-state index in [1.54, 1.807) is 12.5 Å². The summed E-state index contributed by atoms with van der Waals surface area (Å²) in [4.78, 5) is 20.7. The predicted molar refractivity (Wildman–Crippen MR) is 77.0 cm³/mol. The highest BCUT2D eigenvalue weighted by molar-refractivity contribution is 5.65. The van der Waals surface area contributed by atoms with Gasteiger partial charge in [-0.3, -0.25) is 4.98 Å². The minimum absolute atomic E-state index is 0.0455. The number of imidazole rings is 1. The molecular weight excluding hydrogens is 287 g/mol. The van der Waals surface area contributed by atoms with Gasteiger partial charge in [-0.1, -0.05) is 6.92 Å². The molecule has 1 unspecified atom stereocenters. The van der Waals surface area contributed by atoms with Crippen molar-refractivity contribution in [1.82, 2.24) is 19.4 Å². The summed E-state index contributed by atoms with van der Waals surface area (Å²) in [7, 11) is 0. The third-order valence-electron chi connectivity index (χ3n) is 4.05. The van der Waals surface area contributed by atoms with Crippen LogP contribution in [0.5, 0.6) is 0 Å². The van der Waals surface area contributed by atoms with Gasteiger partial charge in [0, 0.05) is 24.9 Å². The lowest BCUT2D eigenvalue weighted by atomic mass is 10.0. The molecule has 3 rings (SSSR count). The first-order valence-electron chi connectivity index (χ1n) is 7.23. The van der Waals surface area contributed by atoms with Crippen molar-refractivity contribution in [2.45, 2.75) is 32.4 Å². The first kappa shape index (κ1) is 14.5. The van der Waals surface area contributed by atoms with Crippen molar-refractivity contribution in [2.24, 2.45) is 0 Å². The zero-order valence-corrected chi connectivity index (χ0v) is 12.2. The third kappa shape index (κ3) is 2.54. The standard InChI is InChI=1S/C15H17FN4O2/c1-2-13(10-5-11(16)7-17-6-10)20-9-18-12-8-19(15(21)22)4-3-14(12)20/h5-7,9,13H,2-4,8H2,1H3,(H,21,22). The molecule has 116 valence electrons. The number of nitrogens with zero attached hydrogens (tertiary/aromatic N) is 4. The molecule has 3 heterocycles. The van der Waals surface area contributed by atoms with Gasteiger partial charge >= 0.3 is 6.09 Å². The molecular formula is C15H17FN4O2. The summed E-state index contributed by atoms with van der Waals surface area (Å²) >= 11 is 0. The van der Waals surface area contributed by atoms with E-state index >= 15 is 0 Å². The lowest BCUT2D eigenvalue weighted by Crippen LogP contribution is -2.35. The van der Waals surface area contributed by atoms with Crippen molar-refractivity contribution in [2.75, 3.05) is 6.54 Å². The lowest BCUT2D eigenvalue weighted by Gasteiger charge is -2.26. The van der Waals surface area contributed by atoms with Crippen LogP contribution in [-0.4, -0.2) is 37.2 Å². The zero-order valence-electron chi connectivity index (χ0n) is 12.2. The fourth-order valence-electron chi connectivity index (χ4n) is 2.97. The number of aromatic nitrogens is 3. The van der Waals surface area contributed by atoms with Crippen LogP contribution in [0, 0.1) is 5.82 Å². The van der Waals surface area contributed by atoms with Crippen LogP contribution >= 0.6 is 0 Å². The Balaban J connectivity index is 1.94. The van der Waals surface area contributed by atoms with Crippen LogP contribution in [0.2, 0.25) is 0 Å². The Morgan fingerprint density at radius 2 is 2.32 bits per heavy atom. The highest BCUT2D eigenvalue weighted by atomic mass is 19.1. The van der Waals surface area contributed by atoms with Crippen molar-refractivity contribution in [3.05, 3.63) is 47.6 Å². The van der Waals surface area contributed by atoms with E-state index in [2.05, 4.69) is 9.97 Å². The van der Waals surface area contributed by atoms with Gasteiger partial charge in [0.25, 0.3) is 0 Å². The first-order chi connectivity index (χ1) is 10.6. The minimum atomic E-state index is -0.929. The number of amides is 1. The third-order valence-corrected chi connectivity index (χ3v) is 4.05. The van der Waals surface area contributed by atoms with Crippen LogP contribution in [0.3, 0.4) is 0 Å². The number of fused-ring (bicyclic) bond motifs is 1. The molecule has 22 heavy (non-hydrogen) atoms. The van der Waals surface area contributed by atoms with Crippen molar-refractivity contribution >= 4 is 6.09 Å². The Kier molecular flexibility index (Phi) is 3.79. The maximum absolute atomic E-state index is 13.4. The molecule has 1 atom stereocenters. The Hall–Kier alpha value is -2.44. The highest BCUT2D eigenvalue weighted by Crippen LogP contribution is 2.27. The summed E-state index contributed by atoms with van der Waals surface area (Å²) in [5.74, 6) is -0.359. The average molecular weight is 304 g/mol. The Labute approximate surface area is 127 Å². The van der Waals surface area contributed by atoms with Gasteiger partial charge in [-0.15, -0.1) is 0 Å². The molecule has 1 aliphatic rings. The number of carbonyl (C=O) groups is 1. The summed E-state index contributed by atoms with van der Waals surface area (Å²) in [5, 5.41) is 9.08. The van der Waals surface area contributed by atoms with Crippen LogP contribution in [0.4, 0.5) is 9.18 Å². The summed E-state index contributed by atoms with van der Waals surface area (Å²) in [6, 6.07) is 1.44. The fourth-order valence-corrected chi connectivity index (χ4v) is 2.97. The number of pyridine rings is 1. The maximum Gasteiger partial charge on any atom is 0.407 e. The van der Waals surface area contributed by atoms with Crippen molar-refractivity contribution in [1.29, 1.82) is 0 Å². The zero-order chi connectivity index (χ0) is 15.7. The molecule has 0 aromatic carbocycles. The molecule has 0 fully saturated rings. The van der Waals surface area contributed by atoms with Gasteiger partial charge in [-0.05, 0) is 18.1 Å². The molecule has 0 saturated heterocycles. The van der Waals surface area contributed by atoms with E-state index in [9.17, 15) is 9.18 Å². The topological polar surface area (TPSA) is 71.2 Å². The van der Waals surface area contributed by atoms with E-state index in [4.69, 9.17) is 5.11 Å². The van der Waals surface area contributed by atoms with E-state index in [0.717, 1.165) is 23.4 Å². The normalized spacial score (nSPS) is 15.5. The van der Waals surface area contributed by atoms with Crippen LogP contribution in [0.25, 0.3) is 0 Å². The summed E-state index contributed by atoms with van der Waals surface area (Å²) < 4.78 is 15.4. The number of halogens is 1. The highest BCUT2D eigenvalue weighted by Gasteiger charge is 2.26. The number of carboxylic acid groups (broad SMARTS) is 1. The van der Waals surface area contributed by atoms with Crippen molar-refractivity contribution < 1.29 is 14.3 Å². The van der Waals surface area contributed by atoms with Gasteiger partial charge < -0.3 is 14.6 Å². The van der Waals surface area contributed by atoms with E-state index < -0.39 is 6.09 Å². The molecule has 0 aliphatic carbocycles. The monoisotopic (exact) mass is 304 g/mol. The second-order valence-electron chi connectivity index (χ2n) is 5.36. The van der Waals surface area contributed by atoms with Crippen LogP contribution < -0.4 is 0 Å². The van der Waals surface area contributed by atoms with Gasteiger partial charge in [0.15, 0.2) is 0 Å². The summed E-state index contributed by atoms with van der Waals surface area (Å²) in [6.07, 6.45) is 5.02. The SMILES string of the molecule is CCC(c1cncc(F)c1)n1cnc2c1CCN(C(=O)O)C2. The van der Waals surface area contributed by atoms with Crippen molar-refractivity contribution in [3.63, 3.8) is 0 Å². The van der Waals surface area contributed by atoms with Crippen LogP contribution in [0.1, 0.15) is 36.3 Å². The quantitative estimate of drug-likeness (QED) is 0.945. The van der Waals surface area contributed by atoms with Gasteiger partial charge in [0.2, 0.25) is 0 Å². The van der Waals surface area contributed by atoms with E-state index in [-0.39, 0.29) is 11.9 Å². The first-order valence-corrected chi connectivity index (χ1v) is 7.23. The number of rotatable bonds is 3. The number of hydrogen-bond acceptors (Lipinski definition) is 3. The second-order valence-corrected chi connectivity index (χ2v) is 5.36. The molecule has 7 heteroatoms.